The van der Waals surface area contributed by atoms with Crippen molar-refractivity contribution in [1.82, 2.24) is 14.8 Å². The third kappa shape index (κ3) is 4.44. The molecule has 1 fully saturated rings. The molecular weight excluding hydrogens is 448 g/mol. The topological polar surface area (TPSA) is 86.1 Å². The number of Topliss-reactive ketones (excluding diaryl/α,β-unsaturated/α-hetero) is 1. The van der Waals surface area contributed by atoms with Gasteiger partial charge in [-0.15, -0.1) is 10.2 Å². The summed E-state index contributed by atoms with van der Waals surface area (Å²) in [7, 11) is 0. The number of anilines is 1. The highest BCUT2D eigenvalue weighted by atomic mass is 35.5. The molecule has 3 aromatic rings. The predicted molar refractivity (Wildman–Crippen MR) is 123 cm³/mol. The summed E-state index contributed by atoms with van der Waals surface area (Å²) in [4.78, 5) is 24.4. The summed E-state index contributed by atoms with van der Waals surface area (Å²) in [5, 5.41) is 12.9. The first-order valence-corrected chi connectivity index (χ1v) is 11.8. The number of aromatic nitrogens is 3. The number of carbonyl (C=O) groups is 2. The standard InChI is InChI=1S/C23H21ClN4O3S/c24-17-6-3-14(4-7-17)22-26-27-23(28(22)12-18-2-1-9-31-18)32-13-20(29)15-5-8-19-16(10-15)11-21(30)25-19/h3-8,10,18H,1-2,9,11-13H2,(H,25,30). The molecule has 1 unspecified atom stereocenters. The lowest BCUT2D eigenvalue weighted by Gasteiger charge is -2.14. The van der Waals surface area contributed by atoms with Crippen LogP contribution in [0, 0.1) is 0 Å². The Balaban J connectivity index is 1.36. The number of rotatable bonds is 7. The smallest absolute Gasteiger partial charge is 0.228 e. The van der Waals surface area contributed by atoms with E-state index in [2.05, 4.69) is 15.5 Å². The van der Waals surface area contributed by atoms with Crippen LogP contribution in [-0.4, -0.2) is 44.9 Å². The van der Waals surface area contributed by atoms with Gasteiger partial charge in [0.25, 0.3) is 0 Å². The number of fused-ring (bicyclic) bond motifs is 1. The van der Waals surface area contributed by atoms with Crippen LogP contribution >= 0.6 is 23.4 Å². The SMILES string of the molecule is O=C1Cc2cc(C(=O)CSc3nnc(-c4ccc(Cl)cc4)n3CC3CCCO3)ccc2N1. The molecule has 0 saturated carbocycles. The molecule has 1 atom stereocenters. The Hall–Kier alpha value is -2.68. The molecule has 0 radical (unpaired) electrons. The number of hydrogen-bond donors (Lipinski definition) is 1. The fraction of sp³-hybridized carbons (Fsp3) is 0.304. The van der Waals surface area contributed by atoms with E-state index in [1.807, 2.05) is 28.8 Å². The molecule has 0 aliphatic carbocycles. The second-order valence-corrected chi connectivity index (χ2v) is 9.25. The Morgan fingerprint density at radius 1 is 1.22 bits per heavy atom. The van der Waals surface area contributed by atoms with E-state index in [0.717, 1.165) is 42.1 Å². The lowest BCUT2D eigenvalue weighted by molar-refractivity contribution is -0.115. The number of hydrogen-bond acceptors (Lipinski definition) is 6. The van der Waals surface area contributed by atoms with Gasteiger partial charge in [-0.25, -0.2) is 0 Å². The highest BCUT2D eigenvalue weighted by molar-refractivity contribution is 7.99. The van der Waals surface area contributed by atoms with Crippen molar-refractivity contribution in [3.05, 3.63) is 58.6 Å². The predicted octanol–water partition coefficient (Wildman–Crippen LogP) is 4.25. The molecule has 7 nitrogen and oxygen atoms in total. The number of amides is 1. The zero-order chi connectivity index (χ0) is 22.1. The maximum absolute atomic E-state index is 12.8. The van der Waals surface area contributed by atoms with Crippen molar-refractivity contribution in [3.8, 4) is 11.4 Å². The minimum atomic E-state index is -0.0454. The molecule has 1 amide bonds. The van der Waals surface area contributed by atoms with E-state index >= 15 is 0 Å². The molecule has 32 heavy (non-hydrogen) atoms. The summed E-state index contributed by atoms with van der Waals surface area (Å²) in [5.74, 6) is 0.895. The number of carbonyl (C=O) groups excluding carboxylic acids is 2. The maximum Gasteiger partial charge on any atom is 0.228 e. The van der Waals surface area contributed by atoms with Gasteiger partial charge in [-0.2, -0.15) is 0 Å². The number of benzene rings is 2. The molecule has 5 rings (SSSR count). The summed E-state index contributed by atoms with van der Waals surface area (Å²) in [5.41, 5.74) is 3.14. The molecule has 164 valence electrons. The average Bonchev–Trinajstić information content (AvgIpc) is 3.52. The van der Waals surface area contributed by atoms with Gasteiger partial charge in [0.1, 0.15) is 0 Å². The van der Waals surface area contributed by atoms with Crippen LogP contribution < -0.4 is 5.32 Å². The van der Waals surface area contributed by atoms with Crippen molar-refractivity contribution in [2.45, 2.75) is 37.1 Å². The first-order chi connectivity index (χ1) is 15.6. The zero-order valence-corrected chi connectivity index (χ0v) is 18.8. The minimum Gasteiger partial charge on any atom is -0.376 e. The molecule has 0 bridgehead atoms. The minimum absolute atomic E-state index is 0.0168. The van der Waals surface area contributed by atoms with Crippen LogP contribution in [0.25, 0.3) is 11.4 Å². The van der Waals surface area contributed by atoms with Crippen LogP contribution in [0.1, 0.15) is 28.8 Å². The number of thioether (sulfide) groups is 1. The summed E-state index contributed by atoms with van der Waals surface area (Å²) < 4.78 is 7.86. The zero-order valence-electron chi connectivity index (χ0n) is 17.2. The van der Waals surface area contributed by atoms with Crippen LogP contribution in [-0.2, 0) is 22.5 Å². The fourth-order valence-corrected chi connectivity index (χ4v) is 4.95. The van der Waals surface area contributed by atoms with Crippen LogP contribution in [0.4, 0.5) is 5.69 Å². The number of nitrogens with one attached hydrogen (secondary N) is 1. The molecule has 2 aliphatic heterocycles. The van der Waals surface area contributed by atoms with Crippen molar-refractivity contribution < 1.29 is 14.3 Å². The molecule has 9 heteroatoms. The Bertz CT molecular complexity index is 1170. The Morgan fingerprint density at radius 3 is 2.84 bits per heavy atom. The van der Waals surface area contributed by atoms with Crippen LogP contribution in [0.5, 0.6) is 0 Å². The number of ketones is 1. The van der Waals surface area contributed by atoms with Gasteiger partial charge in [0.15, 0.2) is 16.8 Å². The van der Waals surface area contributed by atoms with E-state index in [4.69, 9.17) is 16.3 Å². The highest BCUT2D eigenvalue weighted by Crippen LogP contribution is 2.29. The highest BCUT2D eigenvalue weighted by Gasteiger charge is 2.23. The lowest BCUT2D eigenvalue weighted by Crippen LogP contribution is -2.17. The van der Waals surface area contributed by atoms with E-state index in [-0.39, 0.29) is 23.5 Å². The fourth-order valence-electron chi connectivity index (χ4n) is 3.98. The molecule has 0 spiro atoms. The lowest BCUT2D eigenvalue weighted by atomic mass is 10.1. The van der Waals surface area contributed by atoms with Crippen LogP contribution in [0.2, 0.25) is 5.02 Å². The summed E-state index contributed by atoms with van der Waals surface area (Å²) in [6, 6.07) is 12.8. The van der Waals surface area contributed by atoms with Gasteiger partial charge in [0.05, 0.1) is 24.8 Å². The second kappa shape index (κ2) is 9.05. The molecular formula is C23H21ClN4O3S. The molecule has 1 saturated heterocycles. The Morgan fingerprint density at radius 2 is 2.06 bits per heavy atom. The summed E-state index contributed by atoms with van der Waals surface area (Å²) in [6.07, 6.45) is 2.45. The molecule has 2 aliphatic rings. The molecule has 2 aromatic carbocycles. The summed E-state index contributed by atoms with van der Waals surface area (Å²) >= 11 is 7.40. The molecule has 1 N–H and O–H groups in total. The third-order valence-corrected chi connectivity index (χ3v) is 6.83. The number of nitrogens with zero attached hydrogens (tertiary/aromatic N) is 3. The van der Waals surface area contributed by atoms with Gasteiger partial charge in [-0.3, -0.25) is 14.2 Å². The van der Waals surface area contributed by atoms with E-state index in [0.29, 0.717) is 28.7 Å². The molecule has 3 heterocycles. The maximum atomic E-state index is 12.8. The van der Waals surface area contributed by atoms with Gasteiger partial charge in [-0.1, -0.05) is 23.4 Å². The normalized spacial score (nSPS) is 17.4. The van der Waals surface area contributed by atoms with Crippen molar-refractivity contribution in [3.63, 3.8) is 0 Å². The van der Waals surface area contributed by atoms with Crippen molar-refractivity contribution in [2.75, 3.05) is 17.7 Å². The number of halogens is 1. The van der Waals surface area contributed by atoms with Crippen molar-refractivity contribution in [2.24, 2.45) is 0 Å². The van der Waals surface area contributed by atoms with Gasteiger partial charge in [0, 0.05) is 28.4 Å². The van der Waals surface area contributed by atoms with Crippen LogP contribution in [0.3, 0.4) is 0 Å². The monoisotopic (exact) mass is 468 g/mol. The van der Waals surface area contributed by atoms with Crippen molar-refractivity contribution >= 4 is 40.7 Å². The van der Waals surface area contributed by atoms with Gasteiger partial charge in [0.2, 0.25) is 5.91 Å². The summed E-state index contributed by atoms with van der Waals surface area (Å²) in [6.45, 7) is 1.40. The Kier molecular flexibility index (Phi) is 5.99. The van der Waals surface area contributed by atoms with Gasteiger partial charge >= 0.3 is 0 Å². The second-order valence-electron chi connectivity index (χ2n) is 7.87. The largest absolute Gasteiger partial charge is 0.376 e. The molecule has 1 aromatic heterocycles. The first kappa shape index (κ1) is 21.2. The number of ether oxygens (including phenoxy) is 1. The first-order valence-electron chi connectivity index (χ1n) is 10.5. The van der Waals surface area contributed by atoms with Crippen molar-refractivity contribution in [1.29, 1.82) is 0 Å². The van der Waals surface area contributed by atoms with Gasteiger partial charge < -0.3 is 10.1 Å². The third-order valence-electron chi connectivity index (χ3n) is 5.61. The van der Waals surface area contributed by atoms with E-state index in [9.17, 15) is 9.59 Å². The van der Waals surface area contributed by atoms with Crippen LogP contribution in [0.15, 0.2) is 47.6 Å². The quantitative estimate of drug-likeness (QED) is 0.412. The van der Waals surface area contributed by atoms with E-state index < -0.39 is 0 Å². The average molecular weight is 469 g/mol. The Labute approximate surface area is 194 Å². The van der Waals surface area contributed by atoms with E-state index in [1.165, 1.54) is 11.8 Å². The van der Waals surface area contributed by atoms with E-state index in [1.54, 1.807) is 18.2 Å². The van der Waals surface area contributed by atoms with Gasteiger partial charge in [-0.05, 0) is 60.9 Å².